The van der Waals surface area contributed by atoms with E-state index in [-0.39, 0.29) is 0 Å². The van der Waals surface area contributed by atoms with Gasteiger partial charge in [-0.3, -0.25) is 4.98 Å². The number of hydrogen-bond acceptors (Lipinski definition) is 2. The molecular formula is C9H14N2. The van der Waals surface area contributed by atoms with E-state index in [9.17, 15) is 0 Å². The minimum absolute atomic E-state index is 0.555. The number of aromatic nitrogens is 1. The lowest BCUT2D eigenvalue weighted by atomic mass is 10.0. The molecule has 60 valence electrons. The molecule has 1 rings (SSSR count). The van der Waals surface area contributed by atoms with Crippen molar-refractivity contribution in [3.63, 3.8) is 0 Å². The summed E-state index contributed by atoms with van der Waals surface area (Å²) in [5.41, 5.74) is 6.77. The second-order valence-electron chi connectivity index (χ2n) is 2.91. The summed E-state index contributed by atoms with van der Waals surface area (Å²) in [7, 11) is 0. The third-order valence-corrected chi connectivity index (χ3v) is 1.71. The average molecular weight is 150 g/mol. The minimum Gasteiger partial charge on any atom is -0.330 e. The average Bonchev–Trinajstić information content (AvgIpc) is 2.06. The first-order valence-corrected chi connectivity index (χ1v) is 3.92. The summed E-state index contributed by atoms with van der Waals surface area (Å²) < 4.78 is 0. The topological polar surface area (TPSA) is 38.9 Å². The molecule has 0 spiro atoms. The van der Waals surface area contributed by atoms with Crippen LogP contribution in [0.5, 0.6) is 0 Å². The van der Waals surface area contributed by atoms with E-state index < -0.39 is 0 Å². The number of hydrogen-bond donors (Lipinski definition) is 1. The Morgan fingerprint density at radius 3 is 3.00 bits per heavy atom. The number of nitrogens with two attached hydrogens (primary N) is 1. The number of rotatable bonds is 3. The van der Waals surface area contributed by atoms with E-state index >= 15 is 0 Å². The van der Waals surface area contributed by atoms with E-state index in [0.717, 1.165) is 13.0 Å². The van der Waals surface area contributed by atoms with Crippen LogP contribution in [-0.4, -0.2) is 11.5 Å². The third-order valence-electron chi connectivity index (χ3n) is 1.71. The molecule has 1 aromatic heterocycles. The van der Waals surface area contributed by atoms with Crippen molar-refractivity contribution < 1.29 is 0 Å². The monoisotopic (exact) mass is 150 g/mol. The summed E-state index contributed by atoms with van der Waals surface area (Å²) in [6.07, 6.45) is 4.72. The first-order chi connectivity index (χ1) is 5.33. The highest BCUT2D eigenvalue weighted by Crippen LogP contribution is 2.04. The van der Waals surface area contributed by atoms with Crippen LogP contribution in [0.15, 0.2) is 24.5 Å². The van der Waals surface area contributed by atoms with Gasteiger partial charge in [-0.25, -0.2) is 0 Å². The quantitative estimate of drug-likeness (QED) is 0.703. The van der Waals surface area contributed by atoms with Crippen molar-refractivity contribution in [2.45, 2.75) is 13.3 Å². The Kier molecular flexibility index (Phi) is 3.05. The SMILES string of the molecule is C[C@H](CN)Cc1cccnc1. The summed E-state index contributed by atoms with van der Waals surface area (Å²) >= 11 is 0. The zero-order chi connectivity index (χ0) is 8.10. The van der Waals surface area contributed by atoms with Crippen molar-refractivity contribution in [2.75, 3.05) is 6.54 Å². The molecule has 0 aliphatic heterocycles. The van der Waals surface area contributed by atoms with Crippen molar-refractivity contribution in [3.05, 3.63) is 30.1 Å². The Morgan fingerprint density at radius 1 is 1.64 bits per heavy atom. The highest BCUT2D eigenvalue weighted by Gasteiger charge is 1.99. The molecule has 2 N–H and O–H groups in total. The van der Waals surface area contributed by atoms with Gasteiger partial charge < -0.3 is 5.73 Å². The normalized spacial score (nSPS) is 12.9. The Hall–Kier alpha value is -0.890. The second-order valence-corrected chi connectivity index (χ2v) is 2.91. The molecule has 1 atom stereocenters. The van der Waals surface area contributed by atoms with E-state index in [4.69, 9.17) is 5.73 Å². The van der Waals surface area contributed by atoms with Gasteiger partial charge in [-0.15, -0.1) is 0 Å². The van der Waals surface area contributed by atoms with Crippen molar-refractivity contribution in [1.29, 1.82) is 0 Å². The molecule has 0 radical (unpaired) electrons. The zero-order valence-electron chi connectivity index (χ0n) is 6.83. The minimum atomic E-state index is 0.555. The van der Waals surface area contributed by atoms with Crippen LogP contribution in [0.3, 0.4) is 0 Å². The van der Waals surface area contributed by atoms with Gasteiger partial charge in [0.1, 0.15) is 0 Å². The molecule has 11 heavy (non-hydrogen) atoms. The van der Waals surface area contributed by atoms with Gasteiger partial charge in [-0.05, 0) is 30.5 Å². The maximum absolute atomic E-state index is 5.50. The summed E-state index contributed by atoms with van der Waals surface area (Å²) in [4.78, 5) is 4.03. The lowest BCUT2D eigenvalue weighted by molar-refractivity contribution is 0.592. The highest BCUT2D eigenvalue weighted by molar-refractivity contribution is 5.08. The number of pyridine rings is 1. The van der Waals surface area contributed by atoms with Crippen LogP contribution in [0, 0.1) is 5.92 Å². The Balaban J connectivity index is 2.51. The van der Waals surface area contributed by atoms with E-state index in [1.165, 1.54) is 5.56 Å². The summed E-state index contributed by atoms with van der Waals surface area (Å²) in [6.45, 7) is 2.89. The van der Waals surface area contributed by atoms with E-state index in [1.807, 2.05) is 12.3 Å². The van der Waals surface area contributed by atoms with Crippen LogP contribution in [-0.2, 0) is 6.42 Å². The van der Waals surface area contributed by atoms with Gasteiger partial charge in [0.05, 0.1) is 0 Å². The van der Waals surface area contributed by atoms with Gasteiger partial charge in [0.2, 0.25) is 0 Å². The van der Waals surface area contributed by atoms with Gasteiger partial charge in [0.15, 0.2) is 0 Å². The van der Waals surface area contributed by atoms with Gasteiger partial charge in [-0.1, -0.05) is 13.0 Å². The first kappa shape index (κ1) is 8.21. The summed E-state index contributed by atoms with van der Waals surface area (Å²) in [5.74, 6) is 0.555. The second kappa shape index (κ2) is 4.09. The molecule has 2 nitrogen and oxygen atoms in total. The van der Waals surface area contributed by atoms with E-state index in [0.29, 0.717) is 5.92 Å². The van der Waals surface area contributed by atoms with Gasteiger partial charge >= 0.3 is 0 Å². The summed E-state index contributed by atoms with van der Waals surface area (Å²) in [5, 5.41) is 0. The summed E-state index contributed by atoms with van der Waals surface area (Å²) in [6, 6.07) is 4.04. The molecule has 0 aromatic carbocycles. The van der Waals surface area contributed by atoms with Gasteiger partial charge in [0, 0.05) is 12.4 Å². The van der Waals surface area contributed by atoms with Crippen LogP contribution in [0.2, 0.25) is 0 Å². The standard InChI is InChI=1S/C9H14N2/c1-8(6-10)5-9-3-2-4-11-7-9/h2-4,7-8H,5-6,10H2,1H3/t8-/m0/s1. The molecule has 0 fully saturated rings. The fourth-order valence-electron chi connectivity index (χ4n) is 1.00. The van der Waals surface area contributed by atoms with Crippen LogP contribution < -0.4 is 5.73 Å². The molecule has 1 heterocycles. The van der Waals surface area contributed by atoms with E-state index in [2.05, 4.69) is 18.0 Å². The van der Waals surface area contributed by atoms with Crippen molar-refractivity contribution in [1.82, 2.24) is 4.98 Å². The van der Waals surface area contributed by atoms with Crippen LogP contribution in [0.25, 0.3) is 0 Å². The molecule has 0 unspecified atom stereocenters. The third kappa shape index (κ3) is 2.68. The predicted molar refractivity (Wildman–Crippen MR) is 46.2 cm³/mol. The molecule has 0 aliphatic rings. The predicted octanol–water partition coefficient (Wildman–Crippen LogP) is 1.22. The molecule has 0 saturated heterocycles. The van der Waals surface area contributed by atoms with Gasteiger partial charge in [-0.2, -0.15) is 0 Å². The van der Waals surface area contributed by atoms with Crippen molar-refractivity contribution in [3.8, 4) is 0 Å². The fourth-order valence-corrected chi connectivity index (χ4v) is 1.00. The van der Waals surface area contributed by atoms with Crippen LogP contribution >= 0.6 is 0 Å². The fraction of sp³-hybridized carbons (Fsp3) is 0.444. The number of nitrogens with zero attached hydrogens (tertiary/aromatic N) is 1. The highest BCUT2D eigenvalue weighted by atomic mass is 14.6. The largest absolute Gasteiger partial charge is 0.330 e. The lowest BCUT2D eigenvalue weighted by Gasteiger charge is -2.06. The lowest BCUT2D eigenvalue weighted by Crippen LogP contribution is -2.13. The molecule has 1 aromatic rings. The van der Waals surface area contributed by atoms with Gasteiger partial charge in [0.25, 0.3) is 0 Å². The molecule has 0 aliphatic carbocycles. The molecule has 0 saturated carbocycles. The Bertz CT molecular complexity index is 196. The van der Waals surface area contributed by atoms with Crippen LogP contribution in [0.4, 0.5) is 0 Å². The Morgan fingerprint density at radius 2 is 2.45 bits per heavy atom. The zero-order valence-corrected chi connectivity index (χ0v) is 6.83. The molecule has 0 bridgehead atoms. The maximum atomic E-state index is 5.50. The van der Waals surface area contributed by atoms with E-state index in [1.54, 1.807) is 6.20 Å². The molecule has 2 heteroatoms. The smallest absolute Gasteiger partial charge is 0.0299 e. The van der Waals surface area contributed by atoms with Crippen LogP contribution in [0.1, 0.15) is 12.5 Å². The Labute approximate surface area is 67.5 Å². The van der Waals surface area contributed by atoms with Crippen molar-refractivity contribution in [2.24, 2.45) is 11.7 Å². The molecular weight excluding hydrogens is 136 g/mol. The molecule has 0 amide bonds. The maximum Gasteiger partial charge on any atom is 0.0299 e. The first-order valence-electron chi connectivity index (χ1n) is 3.92. The van der Waals surface area contributed by atoms with Crippen molar-refractivity contribution >= 4 is 0 Å².